The van der Waals surface area contributed by atoms with Crippen molar-refractivity contribution in [2.24, 2.45) is 0 Å². The number of methoxy groups -OCH3 is 1. The fraction of sp³-hybridized carbons (Fsp3) is 0.600. The smallest absolute Gasteiger partial charge is 0.175 e. The van der Waals surface area contributed by atoms with E-state index in [1.54, 1.807) is 0 Å². The molecule has 0 heterocycles. The van der Waals surface area contributed by atoms with Gasteiger partial charge in [-0.05, 0) is 6.92 Å². The highest BCUT2D eigenvalue weighted by Crippen LogP contribution is 1.97. The number of aldehydes is 2. The van der Waals surface area contributed by atoms with Gasteiger partial charge in [0.2, 0.25) is 0 Å². The maximum atomic E-state index is 9.93. The summed E-state index contributed by atoms with van der Waals surface area (Å²) in [5, 5.41) is 0. The van der Waals surface area contributed by atoms with Crippen LogP contribution in [0, 0.1) is 0 Å². The lowest BCUT2D eigenvalue weighted by atomic mass is 10.2. The molecular formula is C5H8O3. The van der Waals surface area contributed by atoms with Crippen molar-refractivity contribution in [3.8, 4) is 0 Å². The molecule has 0 aliphatic rings. The Balaban J connectivity index is 3.96. The molecule has 8 heavy (non-hydrogen) atoms. The largest absolute Gasteiger partial charge is 0.363 e. The molecule has 3 heteroatoms. The monoisotopic (exact) mass is 116 g/mol. The summed E-state index contributed by atoms with van der Waals surface area (Å²) in [5.74, 6) is 0. The normalized spacial score (nSPS) is 10.8. The van der Waals surface area contributed by atoms with Crippen molar-refractivity contribution in [2.75, 3.05) is 7.11 Å². The molecule has 0 aromatic heterocycles. The lowest BCUT2D eigenvalue weighted by Crippen LogP contribution is -2.30. The van der Waals surface area contributed by atoms with Gasteiger partial charge in [0, 0.05) is 7.11 Å². The molecule has 0 atom stereocenters. The van der Waals surface area contributed by atoms with E-state index in [4.69, 9.17) is 0 Å². The van der Waals surface area contributed by atoms with E-state index in [2.05, 4.69) is 4.74 Å². The van der Waals surface area contributed by atoms with E-state index < -0.39 is 5.60 Å². The van der Waals surface area contributed by atoms with Gasteiger partial charge in [0.1, 0.15) is 0 Å². The van der Waals surface area contributed by atoms with Crippen LogP contribution in [0.5, 0.6) is 0 Å². The van der Waals surface area contributed by atoms with E-state index in [0.717, 1.165) is 0 Å². The maximum absolute atomic E-state index is 9.93. The van der Waals surface area contributed by atoms with Gasteiger partial charge in [0.15, 0.2) is 18.2 Å². The third-order valence-corrected chi connectivity index (χ3v) is 0.908. The van der Waals surface area contributed by atoms with Gasteiger partial charge >= 0.3 is 0 Å². The molecule has 0 aromatic rings. The zero-order valence-electron chi connectivity index (χ0n) is 4.88. The second-order valence-electron chi connectivity index (χ2n) is 1.62. The minimum Gasteiger partial charge on any atom is -0.363 e. The van der Waals surface area contributed by atoms with Crippen molar-refractivity contribution in [1.29, 1.82) is 0 Å². The van der Waals surface area contributed by atoms with Gasteiger partial charge in [-0.1, -0.05) is 0 Å². The van der Waals surface area contributed by atoms with Crippen molar-refractivity contribution in [3.63, 3.8) is 0 Å². The van der Waals surface area contributed by atoms with Crippen LogP contribution in [0.3, 0.4) is 0 Å². The summed E-state index contributed by atoms with van der Waals surface area (Å²) in [7, 11) is 1.31. The summed E-state index contributed by atoms with van der Waals surface area (Å²) in [6.07, 6.45) is 0.917. The average molecular weight is 116 g/mol. The number of rotatable bonds is 3. The van der Waals surface area contributed by atoms with Crippen LogP contribution in [0.25, 0.3) is 0 Å². The first-order valence-electron chi connectivity index (χ1n) is 2.16. The summed E-state index contributed by atoms with van der Waals surface area (Å²) in [6.45, 7) is 1.40. The molecule has 0 radical (unpaired) electrons. The lowest BCUT2D eigenvalue weighted by molar-refractivity contribution is -0.136. The zero-order chi connectivity index (χ0) is 6.62. The Morgan fingerprint density at radius 3 is 1.75 bits per heavy atom. The zero-order valence-corrected chi connectivity index (χ0v) is 4.88. The lowest BCUT2D eigenvalue weighted by Gasteiger charge is -2.10. The highest BCUT2D eigenvalue weighted by Gasteiger charge is 2.20. The molecule has 0 aliphatic heterocycles. The number of hydrogen-bond acceptors (Lipinski definition) is 3. The Labute approximate surface area is 47.6 Å². The second kappa shape index (κ2) is 2.57. The third kappa shape index (κ3) is 1.42. The molecule has 0 rings (SSSR count). The molecule has 0 spiro atoms. The van der Waals surface area contributed by atoms with Crippen molar-refractivity contribution in [3.05, 3.63) is 0 Å². The molecule has 0 unspecified atom stereocenters. The van der Waals surface area contributed by atoms with Crippen LogP contribution in [-0.2, 0) is 14.3 Å². The topological polar surface area (TPSA) is 43.4 Å². The van der Waals surface area contributed by atoms with Crippen LogP contribution < -0.4 is 0 Å². The van der Waals surface area contributed by atoms with Crippen LogP contribution in [0.2, 0.25) is 0 Å². The van der Waals surface area contributed by atoms with Crippen LogP contribution in [0.15, 0.2) is 0 Å². The summed E-state index contributed by atoms with van der Waals surface area (Å²) in [6, 6.07) is 0. The molecule has 0 aliphatic carbocycles. The molecule has 0 N–H and O–H groups in total. The van der Waals surface area contributed by atoms with Gasteiger partial charge in [0.05, 0.1) is 0 Å². The van der Waals surface area contributed by atoms with Crippen molar-refractivity contribution in [2.45, 2.75) is 12.5 Å². The Hall–Kier alpha value is -0.700. The molecule has 0 saturated carbocycles. The predicted octanol–water partition coefficient (Wildman–Crippen LogP) is -0.211. The van der Waals surface area contributed by atoms with Gasteiger partial charge in [-0.2, -0.15) is 0 Å². The highest BCUT2D eigenvalue weighted by molar-refractivity contribution is 5.86. The molecular weight excluding hydrogens is 108 g/mol. The van der Waals surface area contributed by atoms with E-state index in [1.807, 2.05) is 0 Å². The minimum atomic E-state index is -1.24. The molecule has 0 fully saturated rings. The van der Waals surface area contributed by atoms with Gasteiger partial charge in [-0.15, -0.1) is 0 Å². The van der Waals surface area contributed by atoms with Gasteiger partial charge < -0.3 is 4.74 Å². The van der Waals surface area contributed by atoms with E-state index in [9.17, 15) is 9.59 Å². The summed E-state index contributed by atoms with van der Waals surface area (Å²) in [5.41, 5.74) is -1.24. The molecule has 0 amide bonds. The first-order chi connectivity index (χ1) is 3.68. The van der Waals surface area contributed by atoms with Gasteiger partial charge in [-0.3, -0.25) is 9.59 Å². The first kappa shape index (κ1) is 7.30. The summed E-state index contributed by atoms with van der Waals surface area (Å²) < 4.78 is 4.50. The van der Waals surface area contributed by atoms with E-state index in [0.29, 0.717) is 12.6 Å². The highest BCUT2D eigenvalue weighted by atomic mass is 16.5. The fourth-order valence-electron chi connectivity index (χ4n) is 0.124. The fourth-order valence-corrected chi connectivity index (χ4v) is 0.124. The van der Waals surface area contributed by atoms with Crippen LogP contribution in [0.4, 0.5) is 0 Å². The quantitative estimate of drug-likeness (QED) is 0.378. The first-order valence-corrected chi connectivity index (χ1v) is 2.16. The van der Waals surface area contributed by atoms with Crippen molar-refractivity contribution >= 4 is 12.6 Å². The number of carbonyl (C=O) groups is 2. The predicted molar refractivity (Wildman–Crippen MR) is 27.5 cm³/mol. The third-order valence-electron chi connectivity index (χ3n) is 0.908. The standard InChI is InChI=1S/C5H8O3/c1-5(3-6,4-7)8-2/h3-4H,1-2H3. The average Bonchev–Trinajstić information content (AvgIpc) is 1.87. The SMILES string of the molecule is COC(C)(C=O)C=O. The Kier molecular flexibility index (Phi) is 2.34. The summed E-state index contributed by atoms with van der Waals surface area (Å²) >= 11 is 0. The van der Waals surface area contributed by atoms with E-state index in [-0.39, 0.29) is 0 Å². The minimum absolute atomic E-state index is 0.458. The van der Waals surface area contributed by atoms with Crippen LogP contribution >= 0.6 is 0 Å². The number of ether oxygens (including phenoxy) is 1. The van der Waals surface area contributed by atoms with Crippen molar-refractivity contribution < 1.29 is 14.3 Å². The maximum Gasteiger partial charge on any atom is 0.175 e. The number of carbonyl (C=O) groups excluding carboxylic acids is 2. The molecule has 46 valence electrons. The van der Waals surface area contributed by atoms with Gasteiger partial charge in [-0.25, -0.2) is 0 Å². The Morgan fingerprint density at radius 1 is 1.38 bits per heavy atom. The summed E-state index contributed by atoms with van der Waals surface area (Å²) in [4.78, 5) is 19.9. The number of hydrogen-bond donors (Lipinski definition) is 0. The molecule has 0 bridgehead atoms. The van der Waals surface area contributed by atoms with E-state index in [1.165, 1.54) is 14.0 Å². The van der Waals surface area contributed by atoms with E-state index >= 15 is 0 Å². The van der Waals surface area contributed by atoms with Gasteiger partial charge in [0.25, 0.3) is 0 Å². The second-order valence-corrected chi connectivity index (χ2v) is 1.62. The molecule has 0 aromatic carbocycles. The Morgan fingerprint density at radius 2 is 1.75 bits per heavy atom. The molecule has 3 nitrogen and oxygen atoms in total. The van der Waals surface area contributed by atoms with Crippen LogP contribution in [0.1, 0.15) is 6.92 Å². The van der Waals surface area contributed by atoms with Crippen LogP contribution in [-0.4, -0.2) is 25.3 Å². The molecule has 0 saturated heterocycles. The Bertz CT molecular complexity index is 89.8. The van der Waals surface area contributed by atoms with Crippen molar-refractivity contribution in [1.82, 2.24) is 0 Å².